The van der Waals surface area contributed by atoms with E-state index in [2.05, 4.69) is 15.2 Å². The number of thioether (sulfide) groups is 2. The number of fused-ring (bicyclic) bond motifs is 1. The molecule has 4 aromatic rings. The largest absolute Gasteiger partial charge is 0.288 e. The van der Waals surface area contributed by atoms with E-state index in [0.29, 0.717) is 50.0 Å². The van der Waals surface area contributed by atoms with E-state index < -0.39 is 5.76 Å². The molecule has 3 heterocycles. The summed E-state index contributed by atoms with van der Waals surface area (Å²) in [7, 11) is 0. The standard InChI is InChI=1S/C23H15F2N5O2S2/c24-22(25)34-16-9-7-15(8-10-16)30-19(14-4-3-11-26-12-14)27-28-23(30)33-13-29-20(31)17-5-1-2-6-18(17)21(29)32/h1-12,22H,13H2. The Balaban J connectivity index is 1.47. The van der Waals surface area contributed by atoms with E-state index in [1.54, 1.807) is 71.6 Å². The van der Waals surface area contributed by atoms with Crippen molar-refractivity contribution in [2.75, 3.05) is 5.88 Å². The van der Waals surface area contributed by atoms with E-state index in [1.165, 1.54) is 16.7 Å². The van der Waals surface area contributed by atoms with E-state index in [1.807, 2.05) is 6.07 Å². The first-order chi connectivity index (χ1) is 16.5. The summed E-state index contributed by atoms with van der Waals surface area (Å²) in [6, 6.07) is 16.9. The average Bonchev–Trinajstić information content (AvgIpc) is 3.38. The average molecular weight is 496 g/mol. The summed E-state index contributed by atoms with van der Waals surface area (Å²) < 4.78 is 27.2. The lowest BCUT2D eigenvalue weighted by Crippen LogP contribution is -2.29. The van der Waals surface area contributed by atoms with E-state index in [9.17, 15) is 18.4 Å². The lowest BCUT2D eigenvalue weighted by atomic mass is 10.1. The number of carbonyl (C=O) groups excluding carboxylic acids is 2. The fourth-order valence-electron chi connectivity index (χ4n) is 3.53. The van der Waals surface area contributed by atoms with Crippen molar-refractivity contribution in [2.24, 2.45) is 0 Å². The van der Waals surface area contributed by atoms with Crippen LogP contribution in [0.15, 0.2) is 83.1 Å². The number of hydrogen-bond donors (Lipinski definition) is 0. The van der Waals surface area contributed by atoms with E-state index in [-0.39, 0.29) is 17.7 Å². The van der Waals surface area contributed by atoms with Crippen molar-refractivity contribution in [3.8, 4) is 17.1 Å². The second-order valence-corrected chi connectivity index (χ2v) is 9.09. The third kappa shape index (κ3) is 4.19. The highest BCUT2D eigenvalue weighted by atomic mass is 32.2. The van der Waals surface area contributed by atoms with Crippen molar-refractivity contribution < 1.29 is 18.4 Å². The van der Waals surface area contributed by atoms with Crippen LogP contribution in [-0.2, 0) is 0 Å². The number of carbonyl (C=O) groups is 2. The van der Waals surface area contributed by atoms with Crippen molar-refractivity contribution in [1.29, 1.82) is 0 Å². The molecule has 0 bridgehead atoms. The number of imide groups is 1. The second kappa shape index (κ2) is 9.35. The fraction of sp³-hybridized carbons (Fsp3) is 0.0870. The minimum Gasteiger partial charge on any atom is -0.270 e. The van der Waals surface area contributed by atoms with Gasteiger partial charge < -0.3 is 0 Å². The Morgan fingerprint density at radius 2 is 1.59 bits per heavy atom. The predicted molar refractivity (Wildman–Crippen MR) is 124 cm³/mol. The van der Waals surface area contributed by atoms with Crippen molar-refractivity contribution in [1.82, 2.24) is 24.6 Å². The van der Waals surface area contributed by atoms with Gasteiger partial charge in [0.15, 0.2) is 11.0 Å². The number of hydrogen-bond acceptors (Lipinski definition) is 7. The number of amides is 2. The Morgan fingerprint density at radius 1 is 0.882 bits per heavy atom. The summed E-state index contributed by atoms with van der Waals surface area (Å²) in [5.74, 6) is -2.71. The number of aromatic nitrogens is 4. The minimum atomic E-state index is -2.52. The zero-order valence-electron chi connectivity index (χ0n) is 17.3. The molecule has 7 nitrogen and oxygen atoms in total. The summed E-state index contributed by atoms with van der Waals surface area (Å²) in [6.07, 6.45) is 3.28. The highest BCUT2D eigenvalue weighted by molar-refractivity contribution is 7.99. The van der Waals surface area contributed by atoms with Crippen LogP contribution in [0.4, 0.5) is 8.78 Å². The van der Waals surface area contributed by atoms with Gasteiger partial charge in [0.05, 0.1) is 17.0 Å². The Morgan fingerprint density at radius 3 is 2.21 bits per heavy atom. The molecule has 0 atom stereocenters. The van der Waals surface area contributed by atoms with Crippen LogP contribution in [0.25, 0.3) is 17.1 Å². The van der Waals surface area contributed by atoms with E-state index in [4.69, 9.17) is 0 Å². The first-order valence-corrected chi connectivity index (χ1v) is 11.9. The van der Waals surface area contributed by atoms with Crippen LogP contribution in [0.3, 0.4) is 0 Å². The number of nitrogens with zero attached hydrogens (tertiary/aromatic N) is 5. The van der Waals surface area contributed by atoms with Crippen molar-refractivity contribution >= 4 is 35.3 Å². The molecule has 34 heavy (non-hydrogen) atoms. The van der Waals surface area contributed by atoms with Crippen molar-refractivity contribution in [3.63, 3.8) is 0 Å². The Hall–Kier alpha value is -3.57. The minimum absolute atomic E-state index is 0.0385. The molecule has 0 unspecified atom stereocenters. The smallest absolute Gasteiger partial charge is 0.270 e. The maximum Gasteiger partial charge on any atom is 0.288 e. The van der Waals surface area contributed by atoms with Crippen LogP contribution >= 0.6 is 23.5 Å². The van der Waals surface area contributed by atoms with Crippen molar-refractivity contribution in [3.05, 3.63) is 84.2 Å². The van der Waals surface area contributed by atoms with Gasteiger partial charge in [-0.2, -0.15) is 8.78 Å². The number of benzene rings is 2. The molecule has 2 aromatic heterocycles. The maximum atomic E-state index is 12.7. The molecule has 5 rings (SSSR count). The molecule has 1 aliphatic heterocycles. The monoisotopic (exact) mass is 495 g/mol. The molecule has 1 aliphatic rings. The molecule has 0 radical (unpaired) electrons. The molecule has 170 valence electrons. The Labute approximate surface area is 201 Å². The van der Waals surface area contributed by atoms with E-state index >= 15 is 0 Å². The summed E-state index contributed by atoms with van der Waals surface area (Å²) in [6.45, 7) is 0. The third-order valence-corrected chi connectivity index (χ3v) is 6.71. The SMILES string of the molecule is O=C1c2ccccc2C(=O)N1CSc1nnc(-c2cccnc2)n1-c1ccc(SC(F)F)cc1. The zero-order chi connectivity index (χ0) is 23.7. The van der Waals surface area contributed by atoms with Gasteiger partial charge in [0.25, 0.3) is 17.6 Å². The highest BCUT2D eigenvalue weighted by Crippen LogP contribution is 2.32. The van der Waals surface area contributed by atoms with Gasteiger partial charge >= 0.3 is 0 Å². The normalized spacial score (nSPS) is 13.1. The maximum absolute atomic E-state index is 12.7. The van der Waals surface area contributed by atoms with Crippen LogP contribution in [0.2, 0.25) is 0 Å². The quantitative estimate of drug-likeness (QED) is 0.264. The number of alkyl halides is 2. The predicted octanol–water partition coefficient (Wildman–Crippen LogP) is 4.99. The van der Waals surface area contributed by atoms with Crippen LogP contribution < -0.4 is 0 Å². The molecule has 0 N–H and O–H groups in total. The molecule has 0 aliphatic carbocycles. The van der Waals surface area contributed by atoms with Gasteiger partial charge in [-0.3, -0.25) is 24.0 Å². The molecule has 2 aromatic carbocycles. The van der Waals surface area contributed by atoms with Crippen LogP contribution in [-0.4, -0.2) is 48.1 Å². The summed E-state index contributed by atoms with van der Waals surface area (Å²) in [4.78, 5) is 31.1. The number of halogens is 2. The molecule has 0 spiro atoms. The number of pyridine rings is 1. The molecular formula is C23H15F2N5O2S2. The zero-order valence-corrected chi connectivity index (χ0v) is 19.0. The topological polar surface area (TPSA) is 81.0 Å². The summed E-state index contributed by atoms with van der Waals surface area (Å²) >= 11 is 1.64. The van der Waals surface area contributed by atoms with Gasteiger partial charge in [0.2, 0.25) is 0 Å². The van der Waals surface area contributed by atoms with Crippen molar-refractivity contribution in [2.45, 2.75) is 15.8 Å². The Bertz CT molecular complexity index is 1330. The molecule has 0 saturated heterocycles. The summed E-state index contributed by atoms with van der Waals surface area (Å²) in [5, 5.41) is 9.00. The first kappa shape index (κ1) is 22.2. The van der Waals surface area contributed by atoms with Crippen LogP contribution in [0, 0.1) is 0 Å². The Kier molecular flexibility index (Phi) is 6.12. The fourth-order valence-corrected chi connectivity index (χ4v) is 4.93. The van der Waals surface area contributed by atoms with Crippen LogP contribution in [0.1, 0.15) is 20.7 Å². The highest BCUT2D eigenvalue weighted by Gasteiger charge is 2.35. The van der Waals surface area contributed by atoms with Gasteiger partial charge in [-0.05, 0) is 48.5 Å². The van der Waals surface area contributed by atoms with E-state index in [0.717, 1.165) is 0 Å². The second-order valence-electron chi connectivity index (χ2n) is 7.11. The van der Waals surface area contributed by atoms with Gasteiger partial charge in [-0.15, -0.1) is 10.2 Å². The van der Waals surface area contributed by atoms with Crippen LogP contribution in [0.5, 0.6) is 0 Å². The molecule has 11 heteroatoms. The van der Waals surface area contributed by atoms with Gasteiger partial charge in [-0.25, -0.2) is 0 Å². The molecule has 0 saturated carbocycles. The van der Waals surface area contributed by atoms with Gasteiger partial charge in [0.1, 0.15) is 0 Å². The lowest BCUT2D eigenvalue weighted by molar-refractivity contribution is 0.0684. The molecule has 2 amide bonds. The molecular weight excluding hydrogens is 480 g/mol. The molecule has 0 fully saturated rings. The summed E-state index contributed by atoms with van der Waals surface area (Å²) in [5.41, 5.74) is 2.09. The lowest BCUT2D eigenvalue weighted by Gasteiger charge is -2.14. The van der Waals surface area contributed by atoms with Gasteiger partial charge in [0, 0.05) is 28.5 Å². The first-order valence-electron chi connectivity index (χ1n) is 10.0. The number of rotatable bonds is 7. The third-order valence-electron chi connectivity index (χ3n) is 5.07. The van der Waals surface area contributed by atoms with Gasteiger partial charge in [-0.1, -0.05) is 35.7 Å².